The highest BCUT2D eigenvalue weighted by Crippen LogP contribution is 2.20. The molecule has 1 fully saturated rings. The molecule has 2 aromatic rings. The molecule has 0 radical (unpaired) electrons. The maximum atomic E-state index is 12.1. The highest BCUT2D eigenvalue weighted by atomic mass is 32.2. The molecule has 140 valence electrons. The van der Waals surface area contributed by atoms with Gasteiger partial charge in [0.05, 0.1) is 24.5 Å². The molecule has 0 spiro atoms. The first-order chi connectivity index (χ1) is 12.4. The zero-order chi connectivity index (χ0) is 18.6. The SMILES string of the molecule is CC(C)S(=O)(=O)NC1COCC1Oc1ccc(Cc2ccccc2)cc1. The van der Waals surface area contributed by atoms with Crippen LogP contribution in [0.3, 0.4) is 0 Å². The molecule has 1 aliphatic heterocycles. The molecule has 1 saturated heterocycles. The molecule has 0 aromatic heterocycles. The summed E-state index contributed by atoms with van der Waals surface area (Å²) in [6, 6.07) is 17.8. The molecule has 3 rings (SSSR count). The minimum atomic E-state index is -3.36. The van der Waals surface area contributed by atoms with Gasteiger partial charge in [0.1, 0.15) is 11.9 Å². The molecule has 2 aromatic carbocycles. The van der Waals surface area contributed by atoms with E-state index in [4.69, 9.17) is 9.47 Å². The molecular formula is C20H25NO4S. The van der Waals surface area contributed by atoms with Gasteiger partial charge in [-0.25, -0.2) is 13.1 Å². The highest BCUT2D eigenvalue weighted by molar-refractivity contribution is 7.90. The second-order valence-corrected chi connectivity index (χ2v) is 9.09. The number of sulfonamides is 1. The lowest BCUT2D eigenvalue weighted by atomic mass is 10.1. The van der Waals surface area contributed by atoms with Gasteiger partial charge < -0.3 is 9.47 Å². The van der Waals surface area contributed by atoms with E-state index in [0.29, 0.717) is 19.0 Å². The third-order valence-corrected chi connectivity index (χ3v) is 6.30. The van der Waals surface area contributed by atoms with E-state index in [2.05, 4.69) is 16.9 Å². The minimum absolute atomic E-state index is 0.322. The van der Waals surface area contributed by atoms with Gasteiger partial charge in [0.25, 0.3) is 0 Å². The standard InChI is InChI=1S/C20H25NO4S/c1-15(2)26(22,23)21-19-13-24-14-20(19)25-18-10-8-17(9-11-18)12-16-6-4-3-5-7-16/h3-11,15,19-21H,12-14H2,1-2H3. The van der Waals surface area contributed by atoms with Crippen LogP contribution < -0.4 is 9.46 Å². The van der Waals surface area contributed by atoms with Gasteiger partial charge in [0, 0.05) is 0 Å². The van der Waals surface area contributed by atoms with Crippen LogP contribution in [0.25, 0.3) is 0 Å². The van der Waals surface area contributed by atoms with Crippen LogP contribution in [0, 0.1) is 0 Å². The van der Waals surface area contributed by atoms with E-state index in [-0.39, 0.29) is 12.1 Å². The first kappa shape index (κ1) is 18.9. The quantitative estimate of drug-likeness (QED) is 0.808. The van der Waals surface area contributed by atoms with Crippen LogP contribution in [0.4, 0.5) is 0 Å². The molecule has 1 aliphatic rings. The van der Waals surface area contributed by atoms with E-state index in [1.165, 1.54) is 11.1 Å². The predicted octanol–water partition coefficient (Wildman–Crippen LogP) is 2.75. The molecule has 0 amide bonds. The normalized spacial score (nSPS) is 20.4. The summed E-state index contributed by atoms with van der Waals surface area (Å²) in [6.45, 7) is 4.00. The smallest absolute Gasteiger partial charge is 0.214 e. The summed E-state index contributed by atoms with van der Waals surface area (Å²) < 4.78 is 38.2. The van der Waals surface area contributed by atoms with Crippen molar-refractivity contribution >= 4 is 10.0 Å². The lowest BCUT2D eigenvalue weighted by Crippen LogP contribution is -2.47. The molecule has 5 nitrogen and oxygen atoms in total. The summed E-state index contributed by atoms with van der Waals surface area (Å²) in [4.78, 5) is 0. The fourth-order valence-corrected chi connectivity index (χ4v) is 3.71. The fourth-order valence-electron chi connectivity index (χ4n) is 2.80. The lowest BCUT2D eigenvalue weighted by Gasteiger charge is -2.21. The number of nitrogens with one attached hydrogen (secondary N) is 1. The van der Waals surface area contributed by atoms with Crippen LogP contribution in [-0.4, -0.2) is 39.0 Å². The monoisotopic (exact) mass is 375 g/mol. The van der Waals surface area contributed by atoms with E-state index >= 15 is 0 Å². The maximum Gasteiger partial charge on any atom is 0.214 e. The Morgan fingerprint density at radius 2 is 1.69 bits per heavy atom. The van der Waals surface area contributed by atoms with Crippen molar-refractivity contribution in [1.29, 1.82) is 0 Å². The van der Waals surface area contributed by atoms with Gasteiger partial charge in [-0.1, -0.05) is 42.5 Å². The molecule has 0 bridgehead atoms. The van der Waals surface area contributed by atoms with Crippen LogP contribution in [0.5, 0.6) is 5.75 Å². The van der Waals surface area contributed by atoms with Crippen molar-refractivity contribution in [3.05, 3.63) is 65.7 Å². The summed E-state index contributed by atoms with van der Waals surface area (Å²) in [5, 5.41) is -0.485. The van der Waals surface area contributed by atoms with Gasteiger partial charge in [0.2, 0.25) is 10.0 Å². The van der Waals surface area contributed by atoms with Crippen molar-refractivity contribution in [1.82, 2.24) is 4.72 Å². The Labute approximate surface area is 155 Å². The summed E-state index contributed by atoms with van der Waals surface area (Å²) in [6.07, 6.45) is 0.535. The van der Waals surface area contributed by atoms with E-state index in [1.54, 1.807) is 13.8 Å². The second-order valence-electron chi connectivity index (χ2n) is 6.82. The molecule has 2 atom stereocenters. The number of benzene rings is 2. The van der Waals surface area contributed by atoms with E-state index in [1.807, 2.05) is 42.5 Å². The molecule has 2 unspecified atom stereocenters. The van der Waals surface area contributed by atoms with Crippen molar-refractivity contribution in [2.24, 2.45) is 0 Å². The summed E-state index contributed by atoms with van der Waals surface area (Å²) in [5.41, 5.74) is 2.46. The Morgan fingerprint density at radius 1 is 1.04 bits per heavy atom. The zero-order valence-electron chi connectivity index (χ0n) is 15.1. The van der Waals surface area contributed by atoms with Crippen LogP contribution >= 0.6 is 0 Å². The van der Waals surface area contributed by atoms with E-state index < -0.39 is 15.3 Å². The van der Waals surface area contributed by atoms with Gasteiger partial charge in [-0.05, 0) is 43.5 Å². The van der Waals surface area contributed by atoms with Crippen molar-refractivity contribution in [3.63, 3.8) is 0 Å². The highest BCUT2D eigenvalue weighted by Gasteiger charge is 2.34. The Hall–Kier alpha value is -1.89. The largest absolute Gasteiger partial charge is 0.486 e. The fraction of sp³-hybridized carbons (Fsp3) is 0.400. The first-order valence-electron chi connectivity index (χ1n) is 8.82. The number of hydrogen-bond donors (Lipinski definition) is 1. The van der Waals surface area contributed by atoms with Crippen LogP contribution in [-0.2, 0) is 21.2 Å². The van der Waals surface area contributed by atoms with Crippen LogP contribution in [0.2, 0.25) is 0 Å². The summed E-state index contributed by atoms with van der Waals surface area (Å²) >= 11 is 0. The Kier molecular flexibility index (Phi) is 5.96. The third-order valence-electron chi connectivity index (χ3n) is 4.43. The van der Waals surface area contributed by atoms with Crippen LogP contribution in [0.15, 0.2) is 54.6 Å². The number of hydrogen-bond acceptors (Lipinski definition) is 4. The topological polar surface area (TPSA) is 64.6 Å². The maximum absolute atomic E-state index is 12.1. The first-order valence-corrected chi connectivity index (χ1v) is 10.4. The van der Waals surface area contributed by atoms with Crippen molar-refractivity contribution < 1.29 is 17.9 Å². The molecule has 0 saturated carbocycles. The van der Waals surface area contributed by atoms with Crippen LogP contribution in [0.1, 0.15) is 25.0 Å². The van der Waals surface area contributed by atoms with Gasteiger partial charge in [-0.3, -0.25) is 0 Å². The summed E-state index contributed by atoms with van der Waals surface area (Å²) in [5.74, 6) is 0.714. The Bertz CT molecular complexity index is 803. The summed E-state index contributed by atoms with van der Waals surface area (Å²) in [7, 11) is -3.36. The Balaban J connectivity index is 1.61. The van der Waals surface area contributed by atoms with E-state index in [0.717, 1.165) is 6.42 Å². The van der Waals surface area contributed by atoms with E-state index in [9.17, 15) is 8.42 Å². The van der Waals surface area contributed by atoms with Gasteiger partial charge in [-0.2, -0.15) is 0 Å². The van der Waals surface area contributed by atoms with Gasteiger partial charge in [-0.15, -0.1) is 0 Å². The molecule has 26 heavy (non-hydrogen) atoms. The number of ether oxygens (including phenoxy) is 2. The average Bonchev–Trinajstić information content (AvgIpc) is 3.03. The van der Waals surface area contributed by atoms with Crippen molar-refractivity contribution in [2.75, 3.05) is 13.2 Å². The molecular weight excluding hydrogens is 350 g/mol. The van der Waals surface area contributed by atoms with Crippen molar-refractivity contribution in [2.45, 2.75) is 37.7 Å². The molecule has 1 heterocycles. The minimum Gasteiger partial charge on any atom is -0.486 e. The zero-order valence-corrected chi connectivity index (χ0v) is 15.9. The number of rotatable bonds is 7. The molecule has 1 N–H and O–H groups in total. The third kappa shape index (κ3) is 4.84. The van der Waals surface area contributed by atoms with Crippen molar-refractivity contribution in [3.8, 4) is 5.75 Å². The van der Waals surface area contributed by atoms with Gasteiger partial charge >= 0.3 is 0 Å². The Morgan fingerprint density at radius 3 is 2.35 bits per heavy atom. The lowest BCUT2D eigenvalue weighted by molar-refractivity contribution is 0.140. The molecule has 0 aliphatic carbocycles. The average molecular weight is 375 g/mol. The molecule has 6 heteroatoms. The predicted molar refractivity (Wildman–Crippen MR) is 102 cm³/mol. The van der Waals surface area contributed by atoms with Gasteiger partial charge in [0.15, 0.2) is 0 Å². The second kappa shape index (κ2) is 8.20.